The van der Waals surface area contributed by atoms with Crippen LogP contribution in [-0.2, 0) is 76.3 Å². The van der Waals surface area contributed by atoms with Crippen molar-refractivity contribution in [1.29, 1.82) is 0 Å². The maximum Gasteiger partial charge on any atom is 0.251 e. The zero-order valence-electron chi connectivity index (χ0n) is 87.4. The molecule has 17 N–H and O–H groups in total. The molecule has 4 aromatic carbocycles. The fraction of sp³-hybridized carbons (Fsp3) is 0.663. The van der Waals surface area contributed by atoms with Crippen molar-refractivity contribution < 1.29 is 166 Å². The molecule has 40 nitrogen and oxygen atoms in total. The second-order valence-corrected chi connectivity index (χ2v) is 40.8. The Morgan fingerprint density at radius 3 is 0.847 bits per heavy atom. The highest BCUT2D eigenvalue weighted by atomic mass is 16.7. The third-order valence-electron chi connectivity index (χ3n) is 23.6. The van der Waals surface area contributed by atoms with E-state index in [9.17, 15) is 109 Å². The number of hydrogen-bond donors (Lipinski definition) is 17. The van der Waals surface area contributed by atoms with E-state index in [2.05, 4.69) is 31.9 Å². The van der Waals surface area contributed by atoms with Crippen molar-refractivity contribution in [3.05, 3.63) is 114 Å². The highest BCUT2D eigenvalue weighted by Gasteiger charge is 2.50. The summed E-state index contributed by atoms with van der Waals surface area (Å²) in [6.07, 6.45) is -12.9. The van der Waals surface area contributed by atoms with Crippen LogP contribution in [0.4, 0.5) is 5.69 Å². The van der Waals surface area contributed by atoms with Gasteiger partial charge in [-0.05, 0) is 155 Å². The normalized spacial score (nSPS) is 24.2. The van der Waals surface area contributed by atoms with Crippen LogP contribution >= 0.6 is 0 Å². The van der Waals surface area contributed by atoms with Gasteiger partial charge >= 0.3 is 0 Å². The molecule has 4 aliphatic heterocycles. The highest BCUT2D eigenvalue weighted by Crippen LogP contribution is 2.32. The maximum atomic E-state index is 12.7. The van der Waals surface area contributed by atoms with Crippen LogP contribution in [0.15, 0.2) is 97.1 Å². The van der Waals surface area contributed by atoms with Crippen LogP contribution in [0.3, 0.4) is 0 Å². The van der Waals surface area contributed by atoms with Gasteiger partial charge in [-0.25, -0.2) is 0 Å². The SMILES string of the molecule is CC(=O)NC1[C@H](OCCCCC(=O)C(C)(C)C)OC(CO)[C@@H](O)[C@@H]1O.CC(=O)Nc1ccc(OCCCC(=O)C(C)(C)C)cc1.COc1ccc(C(=O)NC2[C@H](OCCCCC(=O)C(C)(C)C)OC(CO)[C@@H](O)[C@@H]2O)cc1.COc1ccc(C(=O)NCC2O[C@@H](OCCCCC(=O)C(C)(C)C)C(NC(C)=O)[C@@H](O)[C@@H]2O)cc1.COc1ccc(C(=O)NCC2O[C@@H](OCCCCC(=O)C(C)(C)C)C(O)[C@@H](O)[C@@H]2O)cc1. The van der Waals surface area contributed by atoms with Gasteiger partial charge in [0.05, 0.1) is 41.2 Å². The number of unbranched alkanes of at least 4 members (excludes halogenated alkanes) is 4. The van der Waals surface area contributed by atoms with Crippen LogP contribution in [0.2, 0.25) is 0 Å². The first-order chi connectivity index (χ1) is 67.4. The number of benzene rings is 4. The van der Waals surface area contributed by atoms with Crippen LogP contribution in [-0.4, -0.2) is 324 Å². The topological polar surface area (TPSA) is 593 Å². The summed E-state index contributed by atoms with van der Waals surface area (Å²) in [6, 6.07) is 23.6. The lowest BCUT2D eigenvalue weighted by Gasteiger charge is -2.42. The molecule has 4 aromatic rings. The van der Waals surface area contributed by atoms with Gasteiger partial charge in [-0.3, -0.25) is 52.7 Å². The number of carbonyl (C=O) groups excluding carboxylic acids is 11. The fourth-order valence-corrected chi connectivity index (χ4v) is 14.4. The molecule has 0 spiro atoms. The Morgan fingerprint density at radius 1 is 0.292 bits per heavy atom. The molecule has 4 aliphatic rings. The van der Waals surface area contributed by atoms with E-state index >= 15 is 0 Å². The highest BCUT2D eigenvalue weighted by molar-refractivity contribution is 5.96. The average molecular weight is 2040 g/mol. The smallest absolute Gasteiger partial charge is 0.251 e. The van der Waals surface area contributed by atoms with E-state index in [-0.39, 0.29) is 102 Å². The Balaban J connectivity index is 0.000000380. The van der Waals surface area contributed by atoms with Crippen LogP contribution in [0, 0.1) is 27.1 Å². The van der Waals surface area contributed by atoms with Crippen molar-refractivity contribution in [3.8, 4) is 23.0 Å². The fourth-order valence-electron chi connectivity index (χ4n) is 14.4. The van der Waals surface area contributed by atoms with Gasteiger partial charge in [-0.2, -0.15) is 0 Å². The summed E-state index contributed by atoms with van der Waals surface area (Å²) in [5.41, 5.74) is 0.0570. The van der Waals surface area contributed by atoms with Crippen LogP contribution in [0.25, 0.3) is 0 Å². The average Bonchev–Trinajstić information content (AvgIpc) is 0.837. The van der Waals surface area contributed by atoms with E-state index in [1.165, 1.54) is 42.1 Å². The van der Waals surface area contributed by atoms with Crippen molar-refractivity contribution in [3.63, 3.8) is 0 Å². The number of aliphatic hydroxyl groups excluding tert-OH is 11. The molecule has 0 saturated carbocycles. The molecule has 0 bridgehead atoms. The standard InChI is InChI=1S/C25H38N2O8.2C23H35NO8.C17H31NO7.C16H23NO3/c1-15(28)27-20-22(31)21(30)18(14-26-23(32)16-9-11-17(33-5)12-10-16)35-24(20)34-13-7-6-8-19(29)25(2,3)4;1-23(2,3)17(26)7-5-6-12-31-22-18(20(28)19(27)16(13-25)32-22)24-21(29)14-8-10-15(30-4)11-9-14;1-23(2,3)17(25)7-5-6-12-31-22-20(28)19(27)18(26)16(32-22)13-24-21(29)14-8-10-15(30-4)11-9-14;1-10(20)18-13-15(23)14(22)11(9-19)25-16(13)24-8-6-5-7-12(21)17(2,3)4;1-12(18)17-13-7-9-14(10-8-13)20-11-5-6-15(19)16(2,3)4/h9-12,18,20-22,24,30-31H,6-8,13-14H2,1-5H3,(H,26,32)(H,27,28);8-11,16,18-20,22,25,27-28H,5-7,12-13H2,1-4H3,(H,24,29);8-11,16,18-20,22,26-28H,5-7,12-13H2,1-4H3,(H,24,29);11,13-16,19,22-23H,5-9H2,1-4H3,(H,18,20);7-10H,5-6,11H2,1-4H3,(H,17,18)/t18?,20?,21-,22-,24-;16?,18?,19-,20-,22-;16?,18-,19+,20?,22-;11?,13?,14-,15-,16-;/m1111./s1. The van der Waals surface area contributed by atoms with E-state index in [1.54, 1.807) is 97.1 Å². The lowest BCUT2D eigenvalue weighted by Crippen LogP contribution is -2.65. The number of carbonyl (C=O) groups is 11. The lowest BCUT2D eigenvalue weighted by molar-refractivity contribution is -0.295. The second-order valence-electron chi connectivity index (χ2n) is 40.8. The number of ketones is 5. The summed E-state index contributed by atoms with van der Waals surface area (Å²) in [7, 11) is 4.57. The minimum Gasteiger partial charge on any atom is -0.497 e. The quantitative estimate of drug-likeness (QED) is 0.0213. The number of anilines is 1. The maximum absolute atomic E-state index is 12.7. The summed E-state index contributed by atoms with van der Waals surface area (Å²) >= 11 is 0. The summed E-state index contributed by atoms with van der Waals surface area (Å²) in [6.45, 7) is 32.6. The van der Waals surface area contributed by atoms with Gasteiger partial charge in [-0.1, -0.05) is 104 Å². The van der Waals surface area contributed by atoms with Gasteiger partial charge in [0, 0.05) is 142 Å². The van der Waals surface area contributed by atoms with Crippen LogP contribution < -0.4 is 50.8 Å². The minimum atomic E-state index is -1.49. The number of Topliss-reactive ketones (excluding diaryl/α,β-unsaturated/α-hetero) is 5. The molecule has 4 fully saturated rings. The third kappa shape index (κ3) is 44.3. The Kier molecular flexibility index (Phi) is 54.5. The van der Waals surface area contributed by atoms with E-state index in [0.29, 0.717) is 130 Å². The summed E-state index contributed by atoms with van der Waals surface area (Å²) in [4.78, 5) is 131. The molecular weight excluding hydrogens is 1880 g/mol. The largest absolute Gasteiger partial charge is 0.497 e. The zero-order chi connectivity index (χ0) is 108. The first-order valence-corrected chi connectivity index (χ1v) is 48.9. The first-order valence-electron chi connectivity index (χ1n) is 48.9. The van der Waals surface area contributed by atoms with Gasteiger partial charge in [-0.15, -0.1) is 0 Å². The number of nitrogens with one attached hydrogen (secondary N) is 6. The molecule has 6 amide bonds. The number of methoxy groups -OCH3 is 3. The van der Waals surface area contributed by atoms with Crippen molar-refractivity contribution in [1.82, 2.24) is 26.6 Å². The molecule has 812 valence electrons. The minimum absolute atomic E-state index is 0.0875. The summed E-state index contributed by atoms with van der Waals surface area (Å²) in [5.74, 6) is 1.31. The Morgan fingerprint density at radius 2 is 0.556 bits per heavy atom. The number of hydrogen-bond acceptors (Lipinski definition) is 34. The summed E-state index contributed by atoms with van der Waals surface area (Å²) < 4.78 is 65.9. The van der Waals surface area contributed by atoms with E-state index < -0.39 is 164 Å². The van der Waals surface area contributed by atoms with Gasteiger partial charge in [0.25, 0.3) is 17.7 Å². The second kappa shape index (κ2) is 61.9. The van der Waals surface area contributed by atoms with Gasteiger partial charge in [0.1, 0.15) is 149 Å². The number of amides is 6. The predicted molar refractivity (Wildman–Crippen MR) is 530 cm³/mol. The Bertz CT molecular complexity index is 4550. The Hall–Kier alpha value is -9.51. The van der Waals surface area contributed by atoms with E-state index in [0.717, 1.165) is 11.4 Å². The molecule has 20 atom stereocenters. The van der Waals surface area contributed by atoms with Crippen molar-refractivity contribution in [2.75, 3.05) is 86.0 Å². The third-order valence-corrected chi connectivity index (χ3v) is 23.6. The van der Waals surface area contributed by atoms with E-state index in [4.69, 9.17) is 56.8 Å². The monoisotopic (exact) mass is 2040 g/mol. The van der Waals surface area contributed by atoms with Crippen molar-refractivity contribution in [2.24, 2.45) is 27.1 Å². The molecule has 8 unspecified atom stereocenters. The Labute approximate surface area is 845 Å². The number of aliphatic hydroxyl groups is 11. The van der Waals surface area contributed by atoms with Crippen molar-refractivity contribution >= 4 is 70.0 Å². The first kappa shape index (κ1) is 127. The summed E-state index contributed by atoms with van der Waals surface area (Å²) in [5, 5.41) is 127. The van der Waals surface area contributed by atoms with Crippen LogP contribution in [0.5, 0.6) is 23.0 Å². The molecule has 144 heavy (non-hydrogen) atoms. The molecule has 0 aliphatic carbocycles. The van der Waals surface area contributed by atoms with Gasteiger partial charge < -0.3 is 145 Å². The molecule has 40 heteroatoms. The lowest BCUT2D eigenvalue weighted by atomic mass is 9.88. The molecular formula is C104H162N6O34. The molecule has 4 saturated heterocycles. The van der Waals surface area contributed by atoms with Crippen LogP contribution in [0.1, 0.15) is 246 Å². The predicted octanol–water partition coefficient (Wildman–Crippen LogP) is 6.40. The molecule has 4 heterocycles. The van der Waals surface area contributed by atoms with Gasteiger partial charge in [0.15, 0.2) is 25.2 Å². The molecule has 0 aromatic heterocycles. The zero-order valence-corrected chi connectivity index (χ0v) is 87.4. The van der Waals surface area contributed by atoms with Crippen molar-refractivity contribution in [2.45, 2.75) is 337 Å². The van der Waals surface area contributed by atoms with Gasteiger partial charge in [0.2, 0.25) is 17.7 Å². The molecule has 0 radical (unpaired) electrons. The van der Waals surface area contributed by atoms with E-state index in [1.807, 2.05) is 104 Å². The number of rotatable bonds is 45. The number of ether oxygens (including phenoxy) is 12. The molecule has 8 rings (SSSR count).